The van der Waals surface area contributed by atoms with Gasteiger partial charge in [0, 0.05) is 47.2 Å². The van der Waals surface area contributed by atoms with Crippen molar-refractivity contribution in [3.63, 3.8) is 0 Å². The van der Waals surface area contributed by atoms with Crippen molar-refractivity contribution in [1.82, 2.24) is 5.32 Å². The maximum absolute atomic E-state index is 13.5. The van der Waals surface area contributed by atoms with Gasteiger partial charge in [0.25, 0.3) is 0 Å². The Labute approximate surface area is 191 Å². The number of dihydropyridines is 1. The maximum Gasteiger partial charge on any atom is 0.336 e. The van der Waals surface area contributed by atoms with E-state index in [1.807, 2.05) is 42.6 Å². The van der Waals surface area contributed by atoms with Crippen LogP contribution in [0.25, 0.3) is 0 Å². The third-order valence-electron chi connectivity index (χ3n) is 5.94. The molecule has 0 spiro atoms. The molecule has 6 nitrogen and oxygen atoms in total. The first-order valence-corrected chi connectivity index (χ1v) is 11.5. The molecule has 1 N–H and O–H groups in total. The van der Waals surface area contributed by atoms with Crippen molar-refractivity contribution in [2.24, 2.45) is 0 Å². The lowest BCUT2D eigenvalue weighted by Gasteiger charge is -2.36. The summed E-state index contributed by atoms with van der Waals surface area (Å²) in [5.41, 5.74) is 3.53. The smallest absolute Gasteiger partial charge is 0.336 e. The number of benzene rings is 1. The second-order valence-electron chi connectivity index (χ2n) is 7.94. The number of thiophene rings is 1. The minimum Gasteiger partial charge on any atom is -0.497 e. The number of hydrogen-bond acceptors (Lipinski definition) is 7. The van der Waals surface area contributed by atoms with Crippen LogP contribution in [-0.2, 0) is 19.1 Å². The Bertz CT molecular complexity index is 1070. The summed E-state index contributed by atoms with van der Waals surface area (Å²) in [6, 6.07) is 11.6. The van der Waals surface area contributed by atoms with E-state index in [1.54, 1.807) is 25.6 Å². The molecule has 1 aromatic carbocycles. The fourth-order valence-electron chi connectivity index (χ4n) is 4.48. The van der Waals surface area contributed by atoms with Gasteiger partial charge in [0.15, 0.2) is 5.78 Å². The summed E-state index contributed by atoms with van der Waals surface area (Å²) in [6.45, 7) is 2.32. The molecule has 0 saturated carbocycles. The van der Waals surface area contributed by atoms with E-state index < -0.39 is 11.9 Å². The molecular formula is C25H27NO5S. The van der Waals surface area contributed by atoms with Crippen LogP contribution in [0.3, 0.4) is 0 Å². The molecule has 0 fully saturated rings. The zero-order valence-electron chi connectivity index (χ0n) is 18.5. The predicted octanol–water partition coefficient (Wildman–Crippen LogP) is 4.31. The highest BCUT2D eigenvalue weighted by molar-refractivity contribution is 7.10. The fraction of sp³-hybridized carbons (Fsp3) is 0.360. The summed E-state index contributed by atoms with van der Waals surface area (Å²) in [7, 11) is 3.16. The Morgan fingerprint density at radius 2 is 2.00 bits per heavy atom. The summed E-state index contributed by atoms with van der Waals surface area (Å²) in [6.07, 6.45) is 1.15. The first-order chi connectivity index (χ1) is 15.5. The molecule has 32 heavy (non-hydrogen) atoms. The topological polar surface area (TPSA) is 73.9 Å². The van der Waals surface area contributed by atoms with E-state index >= 15 is 0 Å². The Kier molecular flexibility index (Phi) is 6.77. The number of hydrogen-bond donors (Lipinski definition) is 1. The van der Waals surface area contributed by atoms with Crippen LogP contribution >= 0.6 is 11.3 Å². The summed E-state index contributed by atoms with van der Waals surface area (Å²) in [4.78, 5) is 27.8. The lowest BCUT2D eigenvalue weighted by Crippen LogP contribution is -2.36. The van der Waals surface area contributed by atoms with Crippen LogP contribution in [0.2, 0.25) is 0 Å². The van der Waals surface area contributed by atoms with Crippen LogP contribution < -0.4 is 10.1 Å². The lowest BCUT2D eigenvalue weighted by molar-refractivity contribution is -0.140. The van der Waals surface area contributed by atoms with E-state index in [4.69, 9.17) is 14.2 Å². The van der Waals surface area contributed by atoms with E-state index in [-0.39, 0.29) is 18.3 Å². The van der Waals surface area contributed by atoms with Gasteiger partial charge in [-0.3, -0.25) is 4.79 Å². The van der Waals surface area contributed by atoms with Crippen molar-refractivity contribution in [2.45, 2.75) is 31.6 Å². The van der Waals surface area contributed by atoms with Crippen molar-refractivity contribution < 1.29 is 23.8 Å². The number of esters is 1. The standard InChI is InChI=1S/C25H27NO5S/c1-15-22(25(28)31-10-9-29-2)23(16-6-4-7-18(12-16)30-3)24-19(26-15)13-17(14-20(24)27)21-8-5-11-32-21/h4-8,11-12,17,23,26H,9-10,13-14H2,1-3H3/t17-,23-/m0/s1. The number of carbonyl (C=O) groups is 2. The molecule has 0 radical (unpaired) electrons. The molecule has 0 amide bonds. The lowest BCUT2D eigenvalue weighted by atomic mass is 9.72. The molecule has 1 aliphatic carbocycles. The normalized spacial score (nSPS) is 20.7. The maximum atomic E-state index is 13.5. The minimum absolute atomic E-state index is 0.0552. The van der Waals surface area contributed by atoms with Gasteiger partial charge in [-0.1, -0.05) is 18.2 Å². The molecular weight excluding hydrogens is 426 g/mol. The van der Waals surface area contributed by atoms with Crippen molar-refractivity contribution in [1.29, 1.82) is 0 Å². The summed E-state index contributed by atoms with van der Waals surface area (Å²) in [5, 5.41) is 5.41. The Morgan fingerprint density at radius 3 is 2.72 bits per heavy atom. The fourth-order valence-corrected chi connectivity index (χ4v) is 5.31. The number of rotatable bonds is 7. The van der Waals surface area contributed by atoms with Gasteiger partial charge >= 0.3 is 5.97 Å². The number of Topliss-reactive ketones (excluding diaryl/α,β-unsaturated/α-hetero) is 1. The van der Waals surface area contributed by atoms with Gasteiger partial charge < -0.3 is 19.5 Å². The number of methoxy groups -OCH3 is 2. The van der Waals surface area contributed by atoms with Crippen LogP contribution in [-0.4, -0.2) is 39.2 Å². The van der Waals surface area contributed by atoms with Crippen LogP contribution in [0.1, 0.15) is 42.0 Å². The molecule has 2 heterocycles. The third kappa shape index (κ3) is 4.36. The average molecular weight is 454 g/mol. The molecule has 168 valence electrons. The molecule has 2 aliphatic rings. The van der Waals surface area contributed by atoms with Gasteiger partial charge in [0.1, 0.15) is 12.4 Å². The van der Waals surface area contributed by atoms with E-state index in [2.05, 4.69) is 11.4 Å². The molecule has 0 unspecified atom stereocenters. The second-order valence-corrected chi connectivity index (χ2v) is 8.92. The molecule has 4 rings (SSSR count). The third-order valence-corrected chi connectivity index (χ3v) is 6.98. The van der Waals surface area contributed by atoms with Gasteiger partial charge in [-0.25, -0.2) is 4.79 Å². The molecule has 7 heteroatoms. The molecule has 2 aromatic rings. The van der Waals surface area contributed by atoms with Crippen LogP contribution in [0, 0.1) is 0 Å². The highest BCUT2D eigenvalue weighted by atomic mass is 32.1. The number of nitrogens with one attached hydrogen (secondary N) is 1. The first kappa shape index (κ1) is 22.3. The molecule has 1 aromatic heterocycles. The largest absolute Gasteiger partial charge is 0.497 e. The Hall–Kier alpha value is -2.90. The highest BCUT2D eigenvalue weighted by Crippen LogP contribution is 2.46. The van der Waals surface area contributed by atoms with E-state index in [0.717, 1.165) is 17.7 Å². The number of ketones is 1. The van der Waals surface area contributed by atoms with Gasteiger partial charge in [0.05, 0.1) is 19.3 Å². The van der Waals surface area contributed by atoms with Crippen molar-refractivity contribution in [2.75, 3.05) is 27.4 Å². The predicted molar refractivity (Wildman–Crippen MR) is 123 cm³/mol. The molecule has 0 bridgehead atoms. The Balaban J connectivity index is 1.76. The second kappa shape index (κ2) is 9.71. The van der Waals surface area contributed by atoms with Crippen molar-refractivity contribution in [3.05, 3.63) is 74.8 Å². The van der Waals surface area contributed by atoms with Gasteiger partial charge in [-0.15, -0.1) is 11.3 Å². The average Bonchev–Trinajstić information content (AvgIpc) is 3.33. The SMILES string of the molecule is COCCOC(=O)C1=C(C)NC2=C(C(=O)C[C@@H](c3cccs3)C2)[C@H]1c1cccc(OC)c1. The number of carbonyl (C=O) groups excluding carboxylic acids is 2. The summed E-state index contributed by atoms with van der Waals surface area (Å²) < 4.78 is 15.9. The quantitative estimate of drug-likeness (QED) is 0.498. The Morgan fingerprint density at radius 1 is 1.16 bits per heavy atom. The molecule has 1 aliphatic heterocycles. The molecule has 0 saturated heterocycles. The number of allylic oxidation sites excluding steroid dienone is 3. The first-order valence-electron chi connectivity index (χ1n) is 10.6. The van der Waals surface area contributed by atoms with Gasteiger partial charge in [-0.2, -0.15) is 0 Å². The summed E-state index contributed by atoms with van der Waals surface area (Å²) >= 11 is 1.67. The van der Waals surface area contributed by atoms with Crippen LogP contribution in [0.15, 0.2) is 64.3 Å². The van der Waals surface area contributed by atoms with E-state index in [1.165, 1.54) is 4.88 Å². The van der Waals surface area contributed by atoms with Gasteiger partial charge in [-0.05, 0) is 42.5 Å². The van der Waals surface area contributed by atoms with Crippen molar-refractivity contribution in [3.8, 4) is 5.75 Å². The van der Waals surface area contributed by atoms with Gasteiger partial charge in [0.2, 0.25) is 0 Å². The van der Waals surface area contributed by atoms with E-state index in [9.17, 15) is 9.59 Å². The monoisotopic (exact) mass is 453 g/mol. The minimum atomic E-state index is -0.506. The van der Waals surface area contributed by atoms with Crippen LogP contribution in [0.4, 0.5) is 0 Å². The zero-order chi connectivity index (χ0) is 22.7. The summed E-state index contributed by atoms with van der Waals surface area (Å²) in [5.74, 6) is -0.0807. The number of ether oxygens (including phenoxy) is 3. The molecule has 2 atom stereocenters. The van der Waals surface area contributed by atoms with Crippen LogP contribution in [0.5, 0.6) is 5.75 Å². The van der Waals surface area contributed by atoms with E-state index in [0.29, 0.717) is 35.6 Å². The van der Waals surface area contributed by atoms with Crippen molar-refractivity contribution >= 4 is 23.1 Å². The zero-order valence-corrected chi connectivity index (χ0v) is 19.3. The highest BCUT2D eigenvalue weighted by Gasteiger charge is 2.41.